The third-order valence-electron chi connectivity index (χ3n) is 2.84. The van der Waals surface area contributed by atoms with Crippen molar-refractivity contribution in [2.75, 3.05) is 13.1 Å². The molecule has 0 fully saturated rings. The van der Waals surface area contributed by atoms with Crippen molar-refractivity contribution < 1.29 is 8.42 Å². The Morgan fingerprint density at radius 3 is 2.81 bits per heavy atom. The van der Waals surface area contributed by atoms with E-state index in [1.807, 2.05) is 6.92 Å². The van der Waals surface area contributed by atoms with Crippen molar-refractivity contribution in [2.24, 2.45) is 0 Å². The second kappa shape index (κ2) is 7.30. The van der Waals surface area contributed by atoms with Crippen LogP contribution in [-0.4, -0.2) is 36.3 Å². The Labute approximate surface area is 124 Å². The largest absolute Gasteiger partial charge is 0.313 e. The summed E-state index contributed by atoms with van der Waals surface area (Å²) in [6.07, 6.45) is 5.01. The molecule has 2 heterocycles. The van der Waals surface area contributed by atoms with E-state index in [0.717, 1.165) is 12.1 Å². The molecule has 0 unspecified atom stereocenters. The molecule has 2 aromatic heterocycles. The molecule has 0 aliphatic rings. The lowest BCUT2D eigenvalue weighted by Gasteiger charge is -2.07. The van der Waals surface area contributed by atoms with Gasteiger partial charge in [-0.3, -0.25) is 4.68 Å². The van der Waals surface area contributed by atoms with Crippen LogP contribution < -0.4 is 10.0 Å². The summed E-state index contributed by atoms with van der Waals surface area (Å²) in [6, 6.07) is 5.07. The van der Waals surface area contributed by atoms with Crippen LogP contribution in [0.15, 0.2) is 41.8 Å². The maximum absolute atomic E-state index is 12.1. The zero-order chi connectivity index (χ0) is 15.1. The molecule has 114 valence electrons. The van der Waals surface area contributed by atoms with Crippen LogP contribution in [0.1, 0.15) is 12.5 Å². The maximum Gasteiger partial charge on any atom is 0.258 e. The van der Waals surface area contributed by atoms with Crippen molar-refractivity contribution >= 4 is 10.0 Å². The van der Waals surface area contributed by atoms with Gasteiger partial charge in [-0.1, -0.05) is 13.0 Å². The average molecular weight is 309 g/mol. The predicted molar refractivity (Wildman–Crippen MR) is 79.0 cm³/mol. The normalized spacial score (nSPS) is 11.7. The number of hydrogen-bond donors (Lipinski definition) is 2. The topological polar surface area (TPSA) is 88.9 Å². The van der Waals surface area contributed by atoms with E-state index in [-0.39, 0.29) is 11.6 Å². The fourth-order valence-electron chi connectivity index (χ4n) is 1.75. The molecule has 0 aromatic carbocycles. The number of aromatic nitrogens is 3. The van der Waals surface area contributed by atoms with Gasteiger partial charge in [0.2, 0.25) is 0 Å². The van der Waals surface area contributed by atoms with Gasteiger partial charge in [0.05, 0.1) is 6.54 Å². The first kappa shape index (κ1) is 15.6. The van der Waals surface area contributed by atoms with Crippen molar-refractivity contribution in [1.29, 1.82) is 0 Å². The number of hydrogen-bond acceptors (Lipinski definition) is 5. The van der Waals surface area contributed by atoms with Gasteiger partial charge in [-0.05, 0) is 24.2 Å². The number of rotatable bonds is 8. The minimum Gasteiger partial charge on any atom is -0.313 e. The van der Waals surface area contributed by atoms with Gasteiger partial charge in [-0.25, -0.2) is 18.1 Å². The molecule has 0 radical (unpaired) electrons. The van der Waals surface area contributed by atoms with Crippen molar-refractivity contribution in [2.45, 2.75) is 25.0 Å². The fraction of sp³-hybridized carbons (Fsp3) is 0.385. The highest BCUT2D eigenvalue weighted by Gasteiger charge is 2.14. The van der Waals surface area contributed by atoms with Gasteiger partial charge in [-0.15, -0.1) is 0 Å². The summed E-state index contributed by atoms with van der Waals surface area (Å²) in [5.74, 6) is 0. The van der Waals surface area contributed by atoms with Gasteiger partial charge in [-0.2, -0.15) is 5.10 Å². The van der Waals surface area contributed by atoms with Crippen LogP contribution in [0.2, 0.25) is 0 Å². The Kier molecular flexibility index (Phi) is 5.43. The molecule has 0 amide bonds. The SMILES string of the molecule is CCNCc1ccc(S(=O)(=O)NCCn2cccn2)nc1. The Morgan fingerprint density at radius 1 is 1.33 bits per heavy atom. The van der Waals surface area contributed by atoms with Crippen LogP contribution >= 0.6 is 0 Å². The monoisotopic (exact) mass is 309 g/mol. The summed E-state index contributed by atoms with van der Waals surface area (Å²) < 4.78 is 28.3. The number of pyridine rings is 1. The molecule has 8 heteroatoms. The van der Waals surface area contributed by atoms with Gasteiger partial charge in [0.15, 0.2) is 5.03 Å². The quantitative estimate of drug-likeness (QED) is 0.735. The highest BCUT2D eigenvalue weighted by Crippen LogP contribution is 2.06. The fourth-order valence-corrected chi connectivity index (χ4v) is 2.69. The standard InChI is InChI=1S/C13H19N5O2S/c1-2-14-10-12-4-5-13(15-11-12)21(19,20)17-7-9-18-8-3-6-16-18/h3-6,8,11,14,17H,2,7,9-10H2,1H3. The van der Waals surface area contributed by atoms with Crippen molar-refractivity contribution in [1.82, 2.24) is 24.8 Å². The summed E-state index contributed by atoms with van der Waals surface area (Å²) >= 11 is 0. The molecule has 21 heavy (non-hydrogen) atoms. The molecule has 0 saturated carbocycles. The van der Waals surface area contributed by atoms with E-state index in [2.05, 4.69) is 20.1 Å². The molecule has 2 rings (SSSR count). The molecular formula is C13H19N5O2S. The average Bonchev–Trinajstić information content (AvgIpc) is 2.98. The zero-order valence-electron chi connectivity index (χ0n) is 11.9. The van der Waals surface area contributed by atoms with E-state index < -0.39 is 10.0 Å². The number of nitrogens with one attached hydrogen (secondary N) is 2. The first-order valence-corrected chi connectivity index (χ1v) is 8.23. The molecular weight excluding hydrogens is 290 g/mol. The van der Waals surface area contributed by atoms with Gasteiger partial charge in [0.25, 0.3) is 10.0 Å². The highest BCUT2D eigenvalue weighted by atomic mass is 32.2. The van der Waals surface area contributed by atoms with Gasteiger partial charge in [0.1, 0.15) is 0 Å². The smallest absolute Gasteiger partial charge is 0.258 e. The summed E-state index contributed by atoms with van der Waals surface area (Å²) in [5, 5.41) is 7.20. The minimum atomic E-state index is -3.57. The Morgan fingerprint density at radius 2 is 2.19 bits per heavy atom. The molecule has 2 N–H and O–H groups in total. The lowest BCUT2D eigenvalue weighted by atomic mass is 10.3. The van der Waals surface area contributed by atoms with E-state index in [1.54, 1.807) is 35.4 Å². The van der Waals surface area contributed by atoms with E-state index in [9.17, 15) is 8.42 Å². The molecule has 0 aliphatic carbocycles. The van der Waals surface area contributed by atoms with E-state index >= 15 is 0 Å². The minimum absolute atomic E-state index is 0.0308. The molecule has 0 saturated heterocycles. The summed E-state index contributed by atoms with van der Waals surface area (Å²) in [6.45, 7) is 4.29. The van der Waals surface area contributed by atoms with Crippen LogP contribution in [0, 0.1) is 0 Å². The lowest BCUT2D eigenvalue weighted by Crippen LogP contribution is -2.28. The molecule has 2 aromatic rings. The zero-order valence-corrected chi connectivity index (χ0v) is 12.7. The second-order valence-corrected chi connectivity index (χ2v) is 6.17. The van der Waals surface area contributed by atoms with Crippen LogP contribution in [0.5, 0.6) is 0 Å². The number of sulfonamides is 1. The summed E-state index contributed by atoms with van der Waals surface area (Å²) in [4.78, 5) is 4.01. The van der Waals surface area contributed by atoms with Crippen LogP contribution in [0.4, 0.5) is 0 Å². The molecule has 0 bridgehead atoms. The summed E-state index contributed by atoms with van der Waals surface area (Å²) in [7, 11) is -3.57. The molecule has 7 nitrogen and oxygen atoms in total. The predicted octanol–water partition coefficient (Wildman–Crippen LogP) is 0.366. The third-order valence-corrected chi connectivity index (χ3v) is 4.22. The number of nitrogens with zero attached hydrogens (tertiary/aromatic N) is 3. The van der Waals surface area contributed by atoms with E-state index in [4.69, 9.17) is 0 Å². The highest BCUT2D eigenvalue weighted by molar-refractivity contribution is 7.89. The lowest BCUT2D eigenvalue weighted by molar-refractivity contribution is 0.558. The first-order valence-electron chi connectivity index (χ1n) is 6.74. The second-order valence-electron chi connectivity index (χ2n) is 4.45. The Balaban J connectivity index is 1.92. The maximum atomic E-state index is 12.1. The van der Waals surface area contributed by atoms with Crippen molar-refractivity contribution in [3.63, 3.8) is 0 Å². The van der Waals surface area contributed by atoms with E-state index in [0.29, 0.717) is 13.1 Å². The first-order chi connectivity index (χ1) is 10.1. The van der Waals surface area contributed by atoms with Crippen molar-refractivity contribution in [3.8, 4) is 0 Å². The molecule has 0 aliphatic heterocycles. The Hall–Kier alpha value is -1.77. The van der Waals surface area contributed by atoms with Gasteiger partial charge < -0.3 is 5.32 Å². The van der Waals surface area contributed by atoms with Crippen LogP contribution in [0.25, 0.3) is 0 Å². The van der Waals surface area contributed by atoms with E-state index in [1.165, 1.54) is 6.07 Å². The summed E-state index contributed by atoms with van der Waals surface area (Å²) in [5.41, 5.74) is 0.951. The third kappa shape index (κ3) is 4.62. The van der Waals surface area contributed by atoms with Crippen LogP contribution in [0.3, 0.4) is 0 Å². The van der Waals surface area contributed by atoms with Crippen LogP contribution in [-0.2, 0) is 23.1 Å². The van der Waals surface area contributed by atoms with Crippen molar-refractivity contribution in [3.05, 3.63) is 42.4 Å². The molecule has 0 atom stereocenters. The molecule has 0 spiro atoms. The van der Waals surface area contributed by atoms with Gasteiger partial charge >= 0.3 is 0 Å². The van der Waals surface area contributed by atoms with Gasteiger partial charge in [0, 0.05) is 31.7 Å². The Bertz CT molecular complexity index is 638.